The molecule has 1 nitrogen and oxygen atoms in total. The van der Waals surface area contributed by atoms with Crippen molar-refractivity contribution in [2.75, 3.05) is 5.75 Å². The summed E-state index contributed by atoms with van der Waals surface area (Å²) in [5, 5.41) is 3.55. The Morgan fingerprint density at radius 3 is 2.83 bits per heavy atom. The van der Waals surface area contributed by atoms with Crippen molar-refractivity contribution in [2.24, 2.45) is 5.92 Å². The van der Waals surface area contributed by atoms with Gasteiger partial charge in [-0.15, -0.1) is 11.8 Å². The molecule has 1 aliphatic rings. The molecule has 1 aromatic carbocycles. The third-order valence-electron chi connectivity index (χ3n) is 3.39. The van der Waals surface area contributed by atoms with E-state index in [0.717, 1.165) is 18.5 Å². The Bertz CT molecular complexity index is 390. The fourth-order valence-electron chi connectivity index (χ4n) is 1.67. The normalized spacial score (nSPS) is 16.8. The van der Waals surface area contributed by atoms with Crippen molar-refractivity contribution in [1.29, 1.82) is 0 Å². The molecule has 0 aromatic heterocycles. The number of nitrogens with one attached hydrogen (secondary N) is 1. The number of benzene rings is 1. The predicted molar refractivity (Wildman–Crippen MR) is 84.2 cm³/mol. The Labute approximate surface area is 123 Å². The van der Waals surface area contributed by atoms with Gasteiger partial charge in [0, 0.05) is 27.7 Å². The molecule has 0 saturated heterocycles. The third kappa shape index (κ3) is 4.60. The van der Waals surface area contributed by atoms with E-state index in [-0.39, 0.29) is 0 Å². The van der Waals surface area contributed by atoms with Gasteiger partial charge in [-0.25, -0.2) is 0 Å². The van der Waals surface area contributed by atoms with Crippen molar-refractivity contribution >= 4 is 27.7 Å². The number of halogens is 1. The maximum absolute atomic E-state index is 3.69. The molecule has 1 aromatic rings. The van der Waals surface area contributed by atoms with Crippen LogP contribution in [0.2, 0.25) is 0 Å². The van der Waals surface area contributed by atoms with Crippen LogP contribution in [0.4, 0.5) is 0 Å². The lowest BCUT2D eigenvalue weighted by molar-refractivity contribution is 0.637. The Morgan fingerprint density at radius 2 is 2.22 bits per heavy atom. The summed E-state index contributed by atoms with van der Waals surface area (Å²) < 4.78 is 1.24. The van der Waals surface area contributed by atoms with Gasteiger partial charge in [-0.05, 0) is 52.4 Å². The highest BCUT2D eigenvalue weighted by Gasteiger charge is 2.19. The molecule has 3 heteroatoms. The molecule has 100 valence electrons. The second-order valence-electron chi connectivity index (χ2n) is 5.24. The van der Waals surface area contributed by atoms with Crippen LogP contribution >= 0.6 is 27.7 Å². The molecule has 1 atom stereocenters. The zero-order chi connectivity index (χ0) is 13.0. The first-order chi connectivity index (χ1) is 8.69. The minimum atomic E-state index is 0.781. The molecular weight excluding hydrogens is 306 g/mol. The largest absolute Gasteiger partial charge is 0.310 e. The van der Waals surface area contributed by atoms with Gasteiger partial charge in [0.2, 0.25) is 0 Å². The van der Waals surface area contributed by atoms with Crippen LogP contribution in [0.3, 0.4) is 0 Å². The van der Waals surface area contributed by atoms with Crippen molar-refractivity contribution in [3.8, 4) is 0 Å². The van der Waals surface area contributed by atoms with E-state index in [1.807, 2.05) is 11.8 Å². The Kier molecular flexibility index (Phi) is 5.58. The van der Waals surface area contributed by atoms with Crippen molar-refractivity contribution in [3.63, 3.8) is 0 Å². The molecule has 0 heterocycles. The number of rotatable bonds is 7. The number of thioether (sulfide) groups is 1. The van der Waals surface area contributed by atoms with Crippen LogP contribution in [-0.4, -0.2) is 11.8 Å². The quantitative estimate of drug-likeness (QED) is 0.719. The summed E-state index contributed by atoms with van der Waals surface area (Å²) in [6, 6.07) is 7.54. The van der Waals surface area contributed by atoms with Crippen LogP contribution in [0.15, 0.2) is 27.6 Å². The first-order valence-corrected chi connectivity index (χ1v) is 8.61. The number of hydrogen-bond donors (Lipinski definition) is 1. The molecule has 0 spiro atoms. The molecule has 1 saturated carbocycles. The van der Waals surface area contributed by atoms with E-state index in [1.165, 1.54) is 39.9 Å². The van der Waals surface area contributed by atoms with Gasteiger partial charge in [-0.1, -0.05) is 26.3 Å². The fraction of sp³-hybridized carbons (Fsp3) is 0.600. The predicted octanol–water partition coefficient (Wildman–Crippen LogP) is 4.84. The topological polar surface area (TPSA) is 12.0 Å². The maximum atomic E-state index is 3.69. The highest BCUT2D eigenvalue weighted by atomic mass is 79.9. The Morgan fingerprint density at radius 1 is 1.44 bits per heavy atom. The second-order valence-corrected chi connectivity index (χ2v) is 7.16. The van der Waals surface area contributed by atoms with Crippen LogP contribution in [0.1, 0.15) is 38.7 Å². The van der Waals surface area contributed by atoms with Crippen LogP contribution in [0.5, 0.6) is 0 Å². The van der Waals surface area contributed by atoms with E-state index in [1.54, 1.807) is 0 Å². The Balaban J connectivity index is 1.87. The zero-order valence-corrected chi connectivity index (χ0v) is 13.6. The lowest BCUT2D eigenvalue weighted by Gasteiger charge is -2.10. The summed E-state index contributed by atoms with van der Waals surface area (Å²) in [6.45, 7) is 5.57. The summed E-state index contributed by atoms with van der Waals surface area (Å²) >= 11 is 5.65. The molecule has 1 unspecified atom stereocenters. The van der Waals surface area contributed by atoms with Crippen LogP contribution < -0.4 is 5.32 Å². The standard InChI is InChI=1S/C15H22BrNS/c1-3-11(2)10-18-15-7-4-12(8-14(15)16)9-17-13-5-6-13/h4,7-8,11,13,17H,3,5-6,9-10H2,1-2H3. The molecule has 0 radical (unpaired) electrons. The summed E-state index contributed by atoms with van der Waals surface area (Å²) in [7, 11) is 0. The molecule has 1 aliphatic carbocycles. The van der Waals surface area contributed by atoms with Crippen molar-refractivity contribution in [3.05, 3.63) is 28.2 Å². The van der Waals surface area contributed by atoms with E-state index >= 15 is 0 Å². The van der Waals surface area contributed by atoms with Crippen LogP contribution in [0, 0.1) is 5.92 Å². The molecule has 1 N–H and O–H groups in total. The average molecular weight is 328 g/mol. The highest BCUT2D eigenvalue weighted by Crippen LogP contribution is 2.30. The maximum Gasteiger partial charge on any atom is 0.0314 e. The zero-order valence-electron chi connectivity index (χ0n) is 11.2. The molecule has 0 amide bonds. The fourth-order valence-corrected chi connectivity index (χ4v) is 3.50. The minimum absolute atomic E-state index is 0.781. The van der Waals surface area contributed by atoms with E-state index in [4.69, 9.17) is 0 Å². The molecule has 1 fully saturated rings. The van der Waals surface area contributed by atoms with Crippen molar-refractivity contribution in [1.82, 2.24) is 5.32 Å². The summed E-state index contributed by atoms with van der Waals surface area (Å²) in [4.78, 5) is 1.37. The van der Waals surface area contributed by atoms with E-state index < -0.39 is 0 Å². The lowest BCUT2D eigenvalue weighted by Crippen LogP contribution is -2.15. The van der Waals surface area contributed by atoms with Crippen LogP contribution in [-0.2, 0) is 6.54 Å². The third-order valence-corrected chi connectivity index (χ3v) is 5.71. The molecule has 0 aliphatic heterocycles. The second kappa shape index (κ2) is 6.97. The van der Waals surface area contributed by atoms with E-state index in [0.29, 0.717) is 0 Å². The van der Waals surface area contributed by atoms with Crippen LogP contribution in [0.25, 0.3) is 0 Å². The van der Waals surface area contributed by atoms with Gasteiger partial charge in [0.05, 0.1) is 0 Å². The first-order valence-electron chi connectivity index (χ1n) is 6.83. The van der Waals surface area contributed by atoms with E-state index in [2.05, 4.69) is 53.3 Å². The SMILES string of the molecule is CCC(C)CSc1ccc(CNC2CC2)cc1Br. The lowest BCUT2D eigenvalue weighted by atomic mass is 10.2. The first kappa shape index (κ1) is 14.4. The summed E-state index contributed by atoms with van der Waals surface area (Å²) in [6.07, 6.45) is 3.96. The minimum Gasteiger partial charge on any atom is -0.310 e. The van der Waals surface area contributed by atoms with Gasteiger partial charge >= 0.3 is 0 Å². The molecule has 0 bridgehead atoms. The summed E-state index contributed by atoms with van der Waals surface area (Å²) in [5.41, 5.74) is 1.38. The van der Waals surface area contributed by atoms with Gasteiger partial charge in [0.15, 0.2) is 0 Å². The molecule has 2 rings (SSSR count). The molecular formula is C15H22BrNS. The average Bonchev–Trinajstić information content (AvgIpc) is 3.18. The summed E-state index contributed by atoms with van der Waals surface area (Å²) in [5.74, 6) is 1.99. The van der Waals surface area contributed by atoms with Gasteiger partial charge in [0.1, 0.15) is 0 Å². The van der Waals surface area contributed by atoms with Gasteiger partial charge < -0.3 is 5.32 Å². The number of hydrogen-bond acceptors (Lipinski definition) is 2. The highest BCUT2D eigenvalue weighted by molar-refractivity contribution is 9.10. The monoisotopic (exact) mass is 327 g/mol. The van der Waals surface area contributed by atoms with Gasteiger partial charge in [0.25, 0.3) is 0 Å². The van der Waals surface area contributed by atoms with Crippen molar-refractivity contribution < 1.29 is 0 Å². The van der Waals surface area contributed by atoms with E-state index in [9.17, 15) is 0 Å². The smallest absolute Gasteiger partial charge is 0.0314 e. The Hall–Kier alpha value is 0.01000. The van der Waals surface area contributed by atoms with Crippen molar-refractivity contribution in [2.45, 2.75) is 50.6 Å². The van der Waals surface area contributed by atoms with Gasteiger partial charge in [-0.2, -0.15) is 0 Å². The molecule has 18 heavy (non-hydrogen) atoms. The van der Waals surface area contributed by atoms with Gasteiger partial charge in [-0.3, -0.25) is 0 Å².